The summed E-state index contributed by atoms with van der Waals surface area (Å²) in [6.45, 7) is 7.06. The van der Waals surface area contributed by atoms with Crippen molar-refractivity contribution in [3.63, 3.8) is 0 Å². The summed E-state index contributed by atoms with van der Waals surface area (Å²) < 4.78 is 0. The topological polar surface area (TPSA) is 0 Å². The fraction of sp³-hybridized carbons (Fsp3) is 0.182. The molecule has 3 aromatic carbocycles. The summed E-state index contributed by atoms with van der Waals surface area (Å²) in [4.78, 5) is 0. The molecule has 0 aromatic heterocycles. The van der Waals surface area contributed by atoms with Crippen LogP contribution in [0.3, 0.4) is 0 Å². The van der Waals surface area contributed by atoms with Gasteiger partial charge in [0.15, 0.2) is 0 Å². The molecular formula is C22H25PSSi. The lowest BCUT2D eigenvalue weighted by molar-refractivity contribution is 1.30. The summed E-state index contributed by atoms with van der Waals surface area (Å²) in [5.74, 6) is 0. The third-order valence-corrected chi connectivity index (χ3v) is 16.3. The van der Waals surface area contributed by atoms with Gasteiger partial charge >= 0.3 is 0 Å². The SMILES string of the molecule is CC([Si](C)(C)[S-])[P+](c1ccccc1)(c1ccccc1)c1ccccc1. The molecule has 0 fully saturated rings. The molecule has 25 heavy (non-hydrogen) atoms. The molecular weight excluding hydrogens is 355 g/mol. The van der Waals surface area contributed by atoms with Crippen LogP contribution in [-0.4, -0.2) is 12.5 Å². The number of hydrogen-bond acceptors (Lipinski definition) is 1. The summed E-state index contributed by atoms with van der Waals surface area (Å²) >= 11 is 6.12. The maximum absolute atomic E-state index is 6.12. The second kappa shape index (κ2) is 7.49. The lowest BCUT2D eigenvalue weighted by Crippen LogP contribution is -2.48. The van der Waals surface area contributed by atoms with Crippen LogP contribution in [0.5, 0.6) is 0 Å². The fourth-order valence-corrected chi connectivity index (χ4v) is 14.2. The Balaban J connectivity index is 2.40. The first-order valence-electron chi connectivity index (χ1n) is 8.73. The minimum Gasteiger partial charge on any atom is -0.793 e. The molecule has 0 spiro atoms. The van der Waals surface area contributed by atoms with Crippen LogP contribution in [0.4, 0.5) is 0 Å². The minimum atomic E-state index is -1.81. The van der Waals surface area contributed by atoms with Gasteiger partial charge in [0, 0.05) is 5.28 Å². The Labute approximate surface area is 158 Å². The molecule has 128 valence electrons. The van der Waals surface area contributed by atoms with Crippen molar-refractivity contribution in [3.05, 3.63) is 91.0 Å². The summed E-state index contributed by atoms with van der Waals surface area (Å²) in [6, 6.07) is 33.2. The highest BCUT2D eigenvalue weighted by molar-refractivity contribution is 8.06. The normalized spacial score (nSPS) is 13.4. The molecule has 0 radical (unpaired) electrons. The fourth-order valence-electron chi connectivity index (χ4n) is 3.57. The predicted molar refractivity (Wildman–Crippen MR) is 119 cm³/mol. The van der Waals surface area contributed by atoms with Crippen molar-refractivity contribution in [1.29, 1.82) is 0 Å². The van der Waals surface area contributed by atoms with Crippen LogP contribution in [0.1, 0.15) is 6.92 Å². The monoisotopic (exact) mass is 380 g/mol. The highest BCUT2D eigenvalue weighted by Gasteiger charge is 2.51. The zero-order valence-electron chi connectivity index (χ0n) is 15.1. The summed E-state index contributed by atoms with van der Waals surface area (Å²) in [5.41, 5.74) is 0. The van der Waals surface area contributed by atoms with Crippen LogP contribution in [0.2, 0.25) is 13.1 Å². The number of rotatable bonds is 5. The van der Waals surface area contributed by atoms with E-state index in [0.717, 1.165) is 0 Å². The zero-order valence-corrected chi connectivity index (χ0v) is 17.8. The van der Waals surface area contributed by atoms with E-state index < -0.39 is 14.5 Å². The maximum atomic E-state index is 6.12. The lowest BCUT2D eigenvalue weighted by Gasteiger charge is -2.44. The first-order valence-corrected chi connectivity index (χ1v) is 14.8. The van der Waals surface area contributed by atoms with Crippen LogP contribution in [0.15, 0.2) is 91.0 Å². The van der Waals surface area contributed by atoms with Gasteiger partial charge in [-0.15, -0.1) is 0 Å². The summed E-state index contributed by atoms with van der Waals surface area (Å²) in [5, 5.41) is 4.78. The average Bonchev–Trinajstić information content (AvgIpc) is 2.64. The van der Waals surface area contributed by atoms with Gasteiger partial charge in [0.2, 0.25) is 0 Å². The highest BCUT2D eigenvalue weighted by atomic mass is 32.3. The first kappa shape index (κ1) is 18.4. The van der Waals surface area contributed by atoms with E-state index in [4.69, 9.17) is 12.1 Å². The Morgan fingerprint density at radius 2 is 0.920 bits per heavy atom. The quantitative estimate of drug-likeness (QED) is 0.352. The maximum Gasteiger partial charge on any atom is 0.109 e. The predicted octanol–water partition coefficient (Wildman–Crippen LogP) is 4.66. The van der Waals surface area contributed by atoms with Gasteiger partial charge in [0.25, 0.3) is 0 Å². The van der Waals surface area contributed by atoms with E-state index in [-0.39, 0.29) is 0 Å². The van der Waals surface area contributed by atoms with Crippen molar-refractivity contribution >= 4 is 42.5 Å². The highest BCUT2D eigenvalue weighted by Crippen LogP contribution is 2.61. The second-order valence-electron chi connectivity index (χ2n) is 7.01. The Morgan fingerprint density at radius 3 is 1.16 bits per heavy atom. The van der Waals surface area contributed by atoms with Gasteiger partial charge < -0.3 is 12.1 Å². The summed E-state index contributed by atoms with van der Waals surface area (Å²) in [7, 11) is -3.62. The smallest absolute Gasteiger partial charge is 0.109 e. The Bertz CT molecular complexity index is 701. The van der Waals surface area contributed by atoms with E-state index in [9.17, 15) is 0 Å². The molecule has 0 saturated carbocycles. The van der Waals surface area contributed by atoms with E-state index in [1.54, 1.807) is 0 Å². The molecule has 0 bridgehead atoms. The molecule has 3 heteroatoms. The molecule has 0 saturated heterocycles. The van der Waals surface area contributed by atoms with Gasteiger partial charge in [-0.1, -0.05) is 67.7 Å². The molecule has 0 N–H and O–H groups in total. The number of benzene rings is 3. The third-order valence-electron chi connectivity index (χ3n) is 5.08. The van der Waals surface area contributed by atoms with Gasteiger partial charge in [-0.25, -0.2) is 0 Å². The van der Waals surface area contributed by atoms with Crippen LogP contribution in [0.25, 0.3) is 0 Å². The molecule has 1 unspecified atom stereocenters. The second-order valence-corrected chi connectivity index (χ2v) is 18.5. The summed E-state index contributed by atoms with van der Waals surface area (Å²) in [6.07, 6.45) is 0. The standard InChI is InChI=1S/C22H25PSSi/c1-19(25(2,3)24)23(20-13-7-4-8-14-20,21-15-9-5-10-16-21)22-17-11-6-12-18-22/h4-19H,1-3H3. The van der Waals surface area contributed by atoms with Crippen LogP contribution in [0, 0.1) is 0 Å². The van der Waals surface area contributed by atoms with E-state index >= 15 is 0 Å². The van der Waals surface area contributed by atoms with Crippen molar-refractivity contribution in [1.82, 2.24) is 0 Å². The van der Waals surface area contributed by atoms with Gasteiger partial charge in [-0.3, -0.25) is 0 Å². The van der Waals surface area contributed by atoms with E-state index in [1.807, 2.05) is 0 Å². The number of hydrogen-bond donors (Lipinski definition) is 0. The first-order chi connectivity index (χ1) is 12.0. The Hall–Kier alpha value is -1.34. The molecule has 0 nitrogen and oxygen atoms in total. The van der Waals surface area contributed by atoms with Crippen molar-refractivity contribution < 1.29 is 0 Å². The lowest BCUT2D eigenvalue weighted by atomic mass is 10.4. The van der Waals surface area contributed by atoms with Gasteiger partial charge in [0.05, 0.1) is 0 Å². The van der Waals surface area contributed by atoms with Crippen molar-refractivity contribution in [2.75, 3.05) is 0 Å². The van der Waals surface area contributed by atoms with E-state index in [0.29, 0.717) is 5.28 Å². The third kappa shape index (κ3) is 3.49. The zero-order chi connectivity index (χ0) is 17.9. The van der Waals surface area contributed by atoms with Crippen molar-refractivity contribution in [2.24, 2.45) is 0 Å². The molecule has 0 aliphatic carbocycles. The average molecular weight is 381 g/mol. The van der Waals surface area contributed by atoms with Crippen molar-refractivity contribution in [3.8, 4) is 0 Å². The van der Waals surface area contributed by atoms with Crippen LogP contribution in [-0.2, 0) is 12.1 Å². The van der Waals surface area contributed by atoms with Crippen LogP contribution >= 0.6 is 7.26 Å². The van der Waals surface area contributed by atoms with Crippen LogP contribution < -0.4 is 15.9 Å². The molecule has 3 rings (SSSR count). The molecule has 0 heterocycles. The molecule has 0 amide bonds. The van der Waals surface area contributed by atoms with Gasteiger partial charge in [-0.2, -0.15) is 0 Å². The van der Waals surface area contributed by atoms with E-state index in [1.165, 1.54) is 15.9 Å². The molecule has 0 aliphatic rings. The van der Waals surface area contributed by atoms with E-state index in [2.05, 4.69) is 111 Å². The van der Waals surface area contributed by atoms with Gasteiger partial charge in [-0.05, 0) is 50.5 Å². The largest absolute Gasteiger partial charge is 0.793 e. The Morgan fingerprint density at radius 1 is 0.640 bits per heavy atom. The molecule has 1 atom stereocenters. The van der Waals surface area contributed by atoms with Gasteiger partial charge in [0.1, 0.15) is 23.2 Å². The molecule has 3 aromatic rings. The minimum absolute atomic E-state index is 0.474. The van der Waals surface area contributed by atoms with Crippen molar-refractivity contribution in [2.45, 2.75) is 25.3 Å². The molecule has 0 aliphatic heterocycles. The Kier molecular flexibility index (Phi) is 5.53.